The van der Waals surface area contributed by atoms with E-state index in [1.807, 2.05) is 0 Å². The first-order valence-electron chi connectivity index (χ1n) is 7.86. The highest BCUT2D eigenvalue weighted by Gasteiger charge is 2.24. The van der Waals surface area contributed by atoms with Crippen LogP contribution in [-0.4, -0.2) is 23.4 Å². The summed E-state index contributed by atoms with van der Waals surface area (Å²) in [5.74, 6) is -1.52. The van der Waals surface area contributed by atoms with Crippen molar-refractivity contribution in [2.24, 2.45) is 0 Å². The molecule has 0 aromatic heterocycles. The SMILES string of the molecule is Cc1cccc(C(=O)OCC(=O)N[C@@H](C)c2ccc(Cl)cc2Cl)c1[N+](=O)[O-]. The zero-order valence-electron chi connectivity index (χ0n) is 14.5. The minimum atomic E-state index is -0.947. The van der Waals surface area contributed by atoms with E-state index in [9.17, 15) is 19.7 Å². The number of nitro benzene ring substituents is 1. The van der Waals surface area contributed by atoms with Gasteiger partial charge in [0.2, 0.25) is 0 Å². The van der Waals surface area contributed by atoms with E-state index in [4.69, 9.17) is 27.9 Å². The second kappa shape index (κ2) is 8.83. The predicted octanol–water partition coefficient (Wildman–Crippen LogP) is 4.24. The Morgan fingerprint density at radius 3 is 2.59 bits per heavy atom. The molecule has 7 nitrogen and oxygen atoms in total. The van der Waals surface area contributed by atoms with Crippen molar-refractivity contribution < 1.29 is 19.2 Å². The zero-order chi connectivity index (χ0) is 20.1. The highest BCUT2D eigenvalue weighted by atomic mass is 35.5. The number of amides is 1. The van der Waals surface area contributed by atoms with Gasteiger partial charge in [-0.15, -0.1) is 0 Å². The summed E-state index contributed by atoms with van der Waals surface area (Å²) in [5.41, 5.74) is 0.422. The number of para-hydroxylation sites is 1. The number of carbonyl (C=O) groups is 2. The maximum Gasteiger partial charge on any atom is 0.345 e. The minimum absolute atomic E-state index is 0.207. The van der Waals surface area contributed by atoms with Crippen LogP contribution in [0.25, 0.3) is 0 Å². The molecule has 9 heteroatoms. The molecule has 142 valence electrons. The van der Waals surface area contributed by atoms with Gasteiger partial charge in [-0.25, -0.2) is 4.79 Å². The van der Waals surface area contributed by atoms with E-state index in [2.05, 4.69) is 5.32 Å². The second-order valence-corrected chi connectivity index (χ2v) is 6.60. The van der Waals surface area contributed by atoms with Crippen LogP contribution in [0.2, 0.25) is 10.0 Å². The zero-order valence-corrected chi connectivity index (χ0v) is 16.0. The van der Waals surface area contributed by atoms with Crippen LogP contribution in [0.1, 0.15) is 34.5 Å². The number of rotatable bonds is 6. The van der Waals surface area contributed by atoms with Gasteiger partial charge in [0.25, 0.3) is 11.6 Å². The van der Waals surface area contributed by atoms with E-state index in [1.165, 1.54) is 25.1 Å². The Morgan fingerprint density at radius 1 is 1.26 bits per heavy atom. The Bertz CT molecular complexity index is 901. The van der Waals surface area contributed by atoms with Crippen LogP contribution in [0.3, 0.4) is 0 Å². The second-order valence-electron chi connectivity index (χ2n) is 5.76. The molecule has 2 rings (SSSR count). The lowest BCUT2D eigenvalue weighted by molar-refractivity contribution is -0.385. The first kappa shape index (κ1) is 20.7. The topological polar surface area (TPSA) is 98.5 Å². The summed E-state index contributed by atoms with van der Waals surface area (Å²) in [6.45, 7) is 2.64. The first-order chi connectivity index (χ1) is 12.7. The lowest BCUT2D eigenvalue weighted by Gasteiger charge is -2.16. The monoisotopic (exact) mass is 410 g/mol. The Kier molecular flexibility index (Phi) is 6.76. The largest absolute Gasteiger partial charge is 0.452 e. The Morgan fingerprint density at radius 2 is 1.96 bits per heavy atom. The Labute approximate surface area is 165 Å². The molecular formula is C18H16Cl2N2O5. The number of nitro groups is 1. The summed E-state index contributed by atoms with van der Waals surface area (Å²) in [6.07, 6.45) is 0. The average Bonchev–Trinajstić information content (AvgIpc) is 2.58. The molecule has 0 bridgehead atoms. The number of ether oxygens (including phenoxy) is 1. The van der Waals surface area contributed by atoms with Crippen molar-refractivity contribution in [3.05, 3.63) is 73.2 Å². The summed E-state index contributed by atoms with van der Waals surface area (Å²) in [4.78, 5) is 34.7. The lowest BCUT2D eigenvalue weighted by atomic mass is 10.1. The highest BCUT2D eigenvalue weighted by Crippen LogP contribution is 2.26. The molecule has 1 amide bonds. The van der Waals surface area contributed by atoms with E-state index in [-0.39, 0.29) is 11.3 Å². The van der Waals surface area contributed by atoms with Crippen LogP contribution in [0.5, 0.6) is 0 Å². The molecule has 0 radical (unpaired) electrons. The molecule has 0 fully saturated rings. The lowest BCUT2D eigenvalue weighted by Crippen LogP contribution is -2.31. The molecule has 2 aromatic carbocycles. The normalized spacial score (nSPS) is 11.6. The maximum absolute atomic E-state index is 12.1. The molecule has 2 aromatic rings. The summed E-state index contributed by atoms with van der Waals surface area (Å²) < 4.78 is 4.91. The van der Waals surface area contributed by atoms with Gasteiger partial charge < -0.3 is 10.1 Å². The fourth-order valence-electron chi connectivity index (χ4n) is 2.49. The number of benzene rings is 2. The number of hydrogen-bond acceptors (Lipinski definition) is 5. The minimum Gasteiger partial charge on any atom is -0.452 e. The molecule has 0 unspecified atom stereocenters. The molecular weight excluding hydrogens is 395 g/mol. The number of carbonyl (C=O) groups excluding carboxylic acids is 2. The smallest absolute Gasteiger partial charge is 0.345 e. The quantitative estimate of drug-likeness (QED) is 0.436. The van der Waals surface area contributed by atoms with Gasteiger partial charge in [-0.05, 0) is 37.6 Å². The number of esters is 1. The van der Waals surface area contributed by atoms with Crippen LogP contribution in [0.4, 0.5) is 5.69 Å². The fraction of sp³-hybridized carbons (Fsp3) is 0.222. The maximum atomic E-state index is 12.1. The molecule has 0 aliphatic rings. The fourth-order valence-corrected chi connectivity index (χ4v) is 3.06. The van der Waals surface area contributed by atoms with Crippen LogP contribution < -0.4 is 5.32 Å². The third kappa shape index (κ3) is 5.18. The van der Waals surface area contributed by atoms with Gasteiger partial charge in [-0.1, -0.05) is 41.4 Å². The van der Waals surface area contributed by atoms with Gasteiger partial charge in [0, 0.05) is 15.6 Å². The number of halogens is 2. The summed E-state index contributed by atoms with van der Waals surface area (Å²) in [7, 11) is 0. The van der Waals surface area contributed by atoms with Crippen LogP contribution in [-0.2, 0) is 9.53 Å². The molecule has 0 aliphatic heterocycles. The van der Waals surface area contributed by atoms with Gasteiger partial charge in [0.1, 0.15) is 5.56 Å². The molecule has 27 heavy (non-hydrogen) atoms. The van der Waals surface area contributed by atoms with Gasteiger partial charge in [0.15, 0.2) is 6.61 Å². The standard InChI is InChI=1S/C18H16Cl2N2O5/c1-10-4-3-5-14(17(10)22(25)26)18(24)27-9-16(23)21-11(2)13-7-6-12(19)8-15(13)20/h3-8,11H,9H2,1-2H3,(H,21,23)/t11-/m0/s1. The molecule has 1 atom stereocenters. The number of nitrogens with zero attached hydrogens (tertiary/aromatic N) is 1. The van der Waals surface area contributed by atoms with Gasteiger partial charge >= 0.3 is 5.97 Å². The van der Waals surface area contributed by atoms with Crippen molar-refractivity contribution in [2.45, 2.75) is 19.9 Å². The molecule has 1 N–H and O–H groups in total. The van der Waals surface area contributed by atoms with E-state index < -0.39 is 29.4 Å². The summed E-state index contributed by atoms with van der Waals surface area (Å²) in [6, 6.07) is 8.72. The van der Waals surface area contributed by atoms with Gasteiger partial charge in [0.05, 0.1) is 11.0 Å². The van der Waals surface area contributed by atoms with Crippen LogP contribution >= 0.6 is 23.2 Å². The molecule has 0 aliphatic carbocycles. The van der Waals surface area contributed by atoms with Crippen molar-refractivity contribution in [3.8, 4) is 0 Å². The predicted molar refractivity (Wildman–Crippen MR) is 101 cm³/mol. The number of aryl methyl sites for hydroxylation is 1. The Balaban J connectivity index is 2.00. The third-order valence-electron chi connectivity index (χ3n) is 3.78. The molecule has 0 heterocycles. The van der Waals surface area contributed by atoms with Gasteiger partial charge in [-0.2, -0.15) is 0 Å². The third-order valence-corrected chi connectivity index (χ3v) is 4.34. The van der Waals surface area contributed by atoms with E-state index in [0.717, 1.165) is 0 Å². The average molecular weight is 411 g/mol. The Hall–Kier alpha value is -2.64. The van der Waals surface area contributed by atoms with E-state index in [1.54, 1.807) is 25.1 Å². The van der Waals surface area contributed by atoms with Crippen molar-refractivity contribution >= 4 is 40.8 Å². The summed E-state index contributed by atoms with van der Waals surface area (Å²) in [5, 5.41) is 14.6. The number of hydrogen-bond donors (Lipinski definition) is 1. The number of nitrogens with one attached hydrogen (secondary N) is 1. The van der Waals surface area contributed by atoms with Crippen molar-refractivity contribution in [3.63, 3.8) is 0 Å². The molecule has 0 saturated carbocycles. The van der Waals surface area contributed by atoms with Crippen molar-refractivity contribution in [1.82, 2.24) is 5.32 Å². The van der Waals surface area contributed by atoms with Gasteiger partial charge in [-0.3, -0.25) is 14.9 Å². The molecule has 0 saturated heterocycles. The first-order valence-corrected chi connectivity index (χ1v) is 8.61. The summed E-state index contributed by atoms with van der Waals surface area (Å²) >= 11 is 11.9. The van der Waals surface area contributed by atoms with Crippen LogP contribution in [0, 0.1) is 17.0 Å². The van der Waals surface area contributed by atoms with Crippen LogP contribution in [0.15, 0.2) is 36.4 Å². The highest BCUT2D eigenvalue weighted by molar-refractivity contribution is 6.35. The van der Waals surface area contributed by atoms with Crippen molar-refractivity contribution in [2.75, 3.05) is 6.61 Å². The van der Waals surface area contributed by atoms with E-state index in [0.29, 0.717) is 21.2 Å². The molecule has 0 spiro atoms. The van der Waals surface area contributed by atoms with E-state index >= 15 is 0 Å². The van der Waals surface area contributed by atoms with Crippen molar-refractivity contribution in [1.29, 1.82) is 0 Å².